The first-order chi connectivity index (χ1) is 8.13. The van der Waals surface area contributed by atoms with Gasteiger partial charge in [-0.1, -0.05) is 30.9 Å². The Morgan fingerprint density at radius 2 is 2.29 bits per heavy atom. The molecule has 0 saturated heterocycles. The summed E-state index contributed by atoms with van der Waals surface area (Å²) in [5, 5.41) is 8.70. The van der Waals surface area contributed by atoms with E-state index in [-0.39, 0.29) is 31.6 Å². The SMILES string of the molecule is C=C/C=C(\C=C/C)COC(=O)CC[C@H](N)CO. The lowest BCUT2D eigenvalue weighted by molar-refractivity contribution is -0.142. The Morgan fingerprint density at radius 1 is 1.59 bits per heavy atom. The number of rotatable bonds is 8. The molecule has 3 N–H and O–H groups in total. The molecule has 1 atom stereocenters. The Labute approximate surface area is 102 Å². The van der Waals surface area contributed by atoms with Crippen LogP contribution in [0.1, 0.15) is 19.8 Å². The van der Waals surface area contributed by atoms with E-state index < -0.39 is 0 Å². The summed E-state index contributed by atoms with van der Waals surface area (Å²) >= 11 is 0. The molecule has 0 fully saturated rings. The van der Waals surface area contributed by atoms with Crippen LogP contribution < -0.4 is 5.73 Å². The van der Waals surface area contributed by atoms with Gasteiger partial charge in [-0.05, 0) is 18.9 Å². The molecule has 0 rings (SSSR count). The summed E-state index contributed by atoms with van der Waals surface area (Å²) in [6.45, 7) is 5.58. The number of esters is 1. The molecule has 0 aliphatic carbocycles. The van der Waals surface area contributed by atoms with Crippen molar-refractivity contribution in [2.24, 2.45) is 5.73 Å². The Kier molecular flexibility index (Phi) is 9.01. The number of nitrogens with two attached hydrogens (primary N) is 1. The van der Waals surface area contributed by atoms with Crippen molar-refractivity contribution >= 4 is 5.97 Å². The molecular formula is C13H21NO3. The predicted octanol–water partition coefficient (Wildman–Crippen LogP) is 1.32. The van der Waals surface area contributed by atoms with Gasteiger partial charge in [0.25, 0.3) is 0 Å². The van der Waals surface area contributed by atoms with Gasteiger partial charge in [0.15, 0.2) is 0 Å². The van der Waals surface area contributed by atoms with Crippen LogP contribution in [0, 0.1) is 0 Å². The van der Waals surface area contributed by atoms with Gasteiger partial charge in [0.2, 0.25) is 0 Å². The molecule has 96 valence electrons. The van der Waals surface area contributed by atoms with Crippen LogP contribution in [0.25, 0.3) is 0 Å². The zero-order valence-corrected chi connectivity index (χ0v) is 10.3. The van der Waals surface area contributed by atoms with Gasteiger partial charge in [0.1, 0.15) is 6.61 Å². The standard InChI is InChI=1S/C13H21NO3/c1-3-5-11(6-4-2)10-17-13(16)8-7-12(14)9-15/h3-6,12,15H,1,7-10,14H2,2H3/b6-4-,11-5+/t12-/m0/s1. The van der Waals surface area contributed by atoms with Crippen molar-refractivity contribution < 1.29 is 14.6 Å². The average molecular weight is 239 g/mol. The van der Waals surface area contributed by atoms with Gasteiger partial charge < -0.3 is 15.6 Å². The Morgan fingerprint density at radius 3 is 2.82 bits per heavy atom. The summed E-state index contributed by atoms with van der Waals surface area (Å²) in [6, 6.07) is -0.360. The second-order valence-corrected chi connectivity index (χ2v) is 3.62. The Bertz CT molecular complexity index is 295. The van der Waals surface area contributed by atoms with Crippen LogP contribution in [-0.2, 0) is 9.53 Å². The molecule has 0 bridgehead atoms. The van der Waals surface area contributed by atoms with E-state index in [1.807, 2.05) is 19.1 Å². The highest BCUT2D eigenvalue weighted by Gasteiger charge is 2.07. The molecule has 0 aliphatic heterocycles. The third-order valence-corrected chi connectivity index (χ3v) is 2.07. The van der Waals surface area contributed by atoms with Gasteiger partial charge in [-0.3, -0.25) is 4.79 Å². The van der Waals surface area contributed by atoms with Crippen LogP contribution >= 0.6 is 0 Å². The van der Waals surface area contributed by atoms with Crippen LogP contribution in [0.15, 0.2) is 36.5 Å². The third-order valence-electron chi connectivity index (χ3n) is 2.07. The number of hydrogen-bond acceptors (Lipinski definition) is 4. The molecule has 0 aromatic rings. The molecule has 0 aromatic heterocycles. The first kappa shape index (κ1) is 15.6. The van der Waals surface area contributed by atoms with Crippen LogP contribution in [0.2, 0.25) is 0 Å². The first-order valence-electron chi connectivity index (χ1n) is 5.60. The number of hydrogen-bond donors (Lipinski definition) is 2. The van der Waals surface area contributed by atoms with Gasteiger partial charge >= 0.3 is 5.97 Å². The summed E-state index contributed by atoms with van der Waals surface area (Å²) in [4.78, 5) is 11.3. The second kappa shape index (κ2) is 9.81. The van der Waals surface area contributed by atoms with E-state index in [9.17, 15) is 4.79 Å². The van der Waals surface area contributed by atoms with Crippen molar-refractivity contribution in [3.8, 4) is 0 Å². The molecule has 0 heterocycles. The third kappa shape index (κ3) is 8.42. The van der Waals surface area contributed by atoms with E-state index in [0.29, 0.717) is 6.42 Å². The van der Waals surface area contributed by atoms with Gasteiger partial charge in [-0.15, -0.1) is 0 Å². The normalized spacial score (nSPS) is 13.7. The number of aliphatic hydroxyl groups is 1. The van der Waals surface area contributed by atoms with Crippen LogP contribution in [0.3, 0.4) is 0 Å². The maximum atomic E-state index is 11.3. The van der Waals surface area contributed by atoms with Crippen molar-refractivity contribution in [2.45, 2.75) is 25.8 Å². The molecule has 0 aliphatic rings. The van der Waals surface area contributed by atoms with E-state index in [0.717, 1.165) is 5.57 Å². The van der Waals surface area contributed by atoms with Crippen LogP contribution in [0.5, 0.6) is 0 Å². The maximum absolute atomic E-state index is 11.3. The van der Waals surface area contributed by atoms with Crippen LogP contribution in [0.4, 0.5) is 0 Å². The van der Waals surface area contributed by atoms with Gasteiger partial charge in [0.05, 0.1) is 6.61 Å². The van der Waals surface area contributed by atoms with Crippen molar-refractivity contribution in [3.05, 3.63) is 36.5 Å². The lowest BCUT2D eigenvalue weighted by Gasteiger charge is -2.08. The van der Waals surface area contributed by atoms with Gasteiger partial charge in [-0.2, -0.15) is 0 Å². The molecule has 0 spiro atoms. The van der Waals surface area contributed by atoms with E-state index >= 15 is 0 Å². The molecular weight excluding hydrogens is 218 g/mol. The molecule has 0 aromatic carbocycles. The molecule has 0 saturated carbocycles. The molecule has 4 nitrogen and oxygen atoms in total. The highest BCUT2D eigenvalue weighted by molar-refractivity contribution is 5.69. The lowest BCUT2D eigenvalue weighted by Crippen LogP contribution is -2.25. The number of carbonyl (C=O) groups excluding carboxylic acids is 1. The summed E-state index contributed by atoms with van der Waals surface area (Å²) in [5.41, 5.74) is 6.36. The van der Waals surface area contributed by atoms with Crippen LogP contribution in [-0.4, -0.2) is 30.3 Å². The fourth-order valence-electron chi connectivity index (χ4n) is 1.15. The summed E-state index contributed by atoms with van der Waals surface area (Å²) in [6.07, 6.45) is 7.80. The largest absolute Gasteiger partial charge is 0.461 e. The van der Waals surface area contributed by atoms with Crippen molar-refractivity contribution in [3.63, 3.8) is 0 Å². The van der Waals surface area contributed by atoms with E-state index in [1.54, 1.807) is 12.2 Å². The minimum atomic E-state index is -0.360. The smallest absolute Gasteiger partial charge is 0.306 e. The van der Waals surface area contributed by atoms with E-state index in [2.05, 4.69) is 6.58 Å². The molecule has 0 radical (unpaired) electrons. The van der Waals surface area contributed by atoms with E-state index in [1.165, 1.54) is 0 Å². The zero-order valence-electron chi connectivity index (χ0n) is 10.3. The summed E-state index contributed by atoms with van der Waals surface area (Å²) in [5.74, 6) is -0.312. The molecule has 4 heteroatoms. The lowest BCUT2D eigenvalue weighted by atomic mass is 10.2. The fourth-order valence-corrected chi connectivity index (χ4v) is 1.15. The Hall–Kier alpha value is -1.39. The number of aliphatic hydroxyl groups excluding tert-OH is 1. The summed E-state index contributed by atoms with van der Waals surface area (Å²) in [7, 11) is 0. The van der Waals surface area contributed by atoms with E-state index in [4.69, 9.17) is 15.6 Å². The van der Waals surface area contributed by atoms with Gasteiger partial charge in [0, 0.05) is 12.5 Å². The highest BCUT2D eigenvalue weighted by atomic mass is 16.5. The minimum absolute atomic E-state index is 0.118. The monoisotopic (exact) mass is 239 g/mol. The zero-order chi connectivity index (χ0) is 13.1. The van der Waals surface area contributed by atoms with Gasteiger partial charge in [-0.25, -0.2) is 0 Å². The predicted molar refractivity (Wildman–Crippen MR) is 68.3 cm³/mol. The molecule has 0 amide bonds. The molecule has 0 unspecified atom stereocenters. The van der Waals surface area contributed by atoms with Crippen molar-refractivity contribution in [1.29, 1.82) is 0 Å². The van der Waals surface area contributed by atoms with Crippen molar-refractivity contribution in [2.75, 3.05) is 13.2 Å². The topological polar surface area (TPSA) is 72.5 Å². The summed E-state index contributed by atoms with van der Waals surface area (Å²) < 4.78 is 5.06. The second-order valence-electron chi connectivity index (χ2n) is 3.62. The number of carbonyl (C=O) groups is 1. The Balaban J connectivity index is 3.96. The molecule has 17 heavy (non-hydrogen) atoms. The highest BCUT2D eigenvalue weighted by Crippen LogP contribution is 2.02. The first-order valence-corrected chi connectivity index (χ1v) is 5.60. The number of allylic oxidation sites excluding steroid dienone is 3. The maximum Gasteiger partial charge on any atom is 0.306 e. The average Bonchev–Trinajstić information content (AvgIpc) is 2.33. The fraction of sp³-hybridized carbons (Fsp3) is 0.462. The number of ether oxygens (including phenoxy) is 1. The van der Waals surface area contributed by atoms with Crippen molar-refractivity contribution in [1.82, 2.24) is 0 Å². The quantitative estimate of drug-likeness (QED) is 0.495. The minimum Gasteiger partial charge on any atom is -0.461 e.